The maximum atomic E-state index is 2.57. The Morgan fingerprint density at radius 1 is 0.462 bits per heavy atom. The number of hydrogen-bond donors (Lipinski definition) is 0. The molecule has 0 aliphatic rings. The van der Waals surface area contributed by atoms with Gasteiger partial charge in [-0.1, -0.05) is 0 Å². The summed E-state index contributed by atoms with van der Waals surface area (Å²) in [5.41, 5.74) is 4.26. The van der Waals surface area contributed by atoms with E-state index in [0.29, 0.717) is 0 Å². The van der Waals surface area contributed by atoms with Crippen LogP contribution in [0.5, 0.6) is 0 Å². The quantitative estimate of drug-likeness (QED) is 0.488. The van der Waals surface area contributed by atoms with Gasteiger partial charge in [0, 0.05) is 0 Å². The zero-order valence-electron chi connectivity index (χ0n) is 16.5. The molecule has 0 amide bonds. The van der Waals surface area contributed by atoms with E-state index in [2.05, 4.69) is 98.5 Å². The fourth-order valence-electron chi connectivity index (χ4n) is 3.72. The van der Waals surface area contributed by atoms with Gasteiger partial charge in [-0.3, -0.25) is 0 Å². The molecule has 134 valence electrons. The molecule has 0 nitrogen and oxygen atoms in total. The summed E-state index contributed by atoms with van der Waals surface area (Å²) in [6.07, 6.45) is 3.30. The second kappa shape index (κ2) is 8.43. The van der Waals surface area contributed by atoms with E-state index in [1.807, 2.05) is 0 Å². The molecule has 0 radical (unpaired) electrons. The third kappa shape index (κ3) is 3.76. The van der Waals surface area contributed by atoms with E-state index in [9.17, 15) is 0 Å². The predicted molar refractivity (Wildman–Crippen MR) is 118 cm³/mol. The Hall–Kier alpha value is -1.54. The SMILES string of the molecule is CCc1cc[c]([Sn]([CH3])([c]2ccc(CC)cc2)[c]2ccc(CC)cc2)cc1. The monoisotopic (exact) mass is 450 g/mol. The van der Waals surface area contributed by atoms with Crippen molar-refractivity contribution in [2.24, 2.45) is 0 Å². The van der Waals surface area contributed by atoms with Crippen molar-refractivity contribution in [2.45, 2.75) is 45.0 Å². The number of hydrogen-bond acceptors (Lipinski definition) is 0. The number of rotatable bonds is 6. The molecule has 0 atom stereocenters. The Bertz CT molecular complexity index is 711. The Morgan fingerprint density at radius 3 is 0.885 bits per heavy atom. The van der Waals surface area contributed by atoms with Crippen LogP contribution in [0.3, 0.4) is 0 Å². The van der Waals surface area contributed by atoms with Crippen LogP contribution in [-0.4, -0.2) is 18.4 Å². The average molecular weight is 449 g/mol. The summed E-state index contributed by atoms with van der Waals surface area (Å²) in [5, 5.41) is 0. The van der Waals surface area contributed by atoms with Crippen LogP contribution in [0.2, 0.25) is 4.94 Å². The molecule has 26 heavy (non-hydrogen) atoms. The summed E-state index contributed by atoms with van der Waals surface area (Å²) < 4.78 is 4.68. The van der Waals surface area contributed by atoms with Gasteiger partial charge in [0.1, 0.15) is 0 Å². The molecule has 0 N–H and O–H groups in total. The van der Waals surface area contributed by atoms with Crippen LogP contribution >= 0.6 is 0 Å². The summed E-state index contributed by atoms with van der Waals surface area (Å²) in [4.78, 5) is 2.57. The number of aryl methyl sites for hydroxylation is 3. The molecule has 0 saturated carbocycles. The van der Waals surface area contributed by atoms with Crippen LogP contribution in [0.15, 0.2) is 72.8 Å². The van der Waals surface area contributed by atoms with Gasteiger partial charge in [-0.25, -0.2) is 0 Å². The van der Waals surface area contributed by atoms with Gasteiger partial charge >= 0.3 is 164 Å². The Labute approximate surface area is 163 Å². The van der Waals surface area contributed by atoms with Crippen LogP contribution < -0.4 is 10.7 Å². The van der Waals surface area contributed by atoms with Crippen molar-refractivity contribution >= 4 is 29.1 Å². The summed E-state index contributed by atoms with van der Waals surface area (Å²) in [6.45, 7) is 6.68. The first kappa shape index (κ1) is 19.2. The van der Waals surface area contributed by atoms with Gasteiger partial charge in [0.2, 0.25) is 0 Å². The second-order valence-electron chi connectivity index (χ2n) is 7.28. The fraction of sp³-hybridized carbons (Fsp3) is 0.280. The first-order valence-electron chi connectivity index (χ1n) is 9.90. The topological polar surface area (TPSA) is 0 Å². The zero-order chi connectivity index (χ0) is 18.6. The maximum absolute atomic E-state index is 2.93. The van der Waals surface area contributed by atoms with Crippen molar-refractivity contribution in [3.8, 4) is 0 Å². The molecule has 0 saturated heterocycles. The second-order valence-corrected chi connectivity index (χ2v) is 18.6. The molecule has 0 unspecified atom stereocenters. The molecule has 0 spiro atoms. The molecule has 3 aromatic carbocycles. The van der Waals surface area contributed by atoms with E-state index < -0.39 is 18.4 Å². The summed E-state index contributed by atoms with van der Waals surface area (Å²) >= 11 is -2.93. The minimum absolute atomic E-state index is 1.10. The van der Waals surface area contributed by atoms with Gasteiger partial charge in [0.15, 0.2) is 0 Å². The van der Waals surface area contributed by atoms with Crippen LogP contribution in [0.1, 0.15) is 37.5 Å². The molecule has 0 bridgehead atoms. The molecule has 0 aliphatic carbocycles. The molecule has 3 aromatic rings. The Kier molecular flexibility index (Phi) is 6.24. The van der Waals surface area contributed by atoms with E-state index in [1.165, 1.54) is 16.7 Å². The third-order valence-electron chi connectivity index (χ3n) is 5.82. The fourth-order valence-corrected chi connectivity index (χ4v) is 13.7. The van der Waals surface area contributed by atoms with E-state index in [1.54, 1.807) is 10.7 Å². The third-order valence-corrected chi connectivity index (χ3v) is 18.6. The summed E-state index contributed by atoms with van der Waals surface area (Å²) in [5.74, 6) is 0. The molecule has 0 fully saturated rings. The predicted octanol–water partition coefficient (Wildman–Crippen LogP) is 4.47. The van der Waals surface area contributed by atoms with Gasteiger partial charge in [-0.15, -0.1) is 0 Å². The van der Waals surface area contributed by atoms with Crippen molar-refractivity contribution in [1.82, 2.24) is 0 Å². The molecule has 1 heteroatoms. The van der Waals surface area contributed by atoms with Gasteiger partial charge in [-0.05, 0) is 0 Å². The first-order valence-corrected chi connectivity index (χ1v) is 17.0. The van der Waals surface area contributed by atoms with E-state index in [0.717, 1.165) is 19.3 Å². The van der Waals surface area contributed by atoms with E-state index in [-0.39, 0.29) is 0 Å². The van der Waals surface area contributed by atoms with Crippen molar-refractivity contribution in [2.75, 3.05) is 0 Å². The average Bonchev–Trinajstić information content (AvgIpc) is 2.73. The van der Waals surface area contributed by atoms with Crippen LogP contribution in [0, 0.1) is 0 Å². The molecule has 0 aromatic heterocycles. The molecular weight excluding hydrogens is 419 g/mol. The summed E-state index contributed by atoms with van der Waals surface area (Å²) in [7, 11) is 0. The van der Waals surface area contributed by atoms with Crippen LogP contribution in [-0.2, 0) is 19.3 Å². The Morgan fingerprint density at radius 2 is 0.692 bits per heavy atom. The van der Waals surface area contributed by atoms with Gasteiger partial charge in [-0.2, -0.15) is 0 Å². The summed E-state index contributed by atoms with van der Waals surface area (Å²) in [6, 6.07) is 28.3. The molecule has 0 aliphatic heterocycles. The van der Waals surface area contributed by atoms with Crippen LogP contribution in [0.25, 0.3) is 0 Å². The van der Waals surface area contributed by atoms with Crippen molar-refractivity contribution in [3.05, 3.63) is 89.5 Å². The van der Waals surface area contributed by atoms with E-state index in [4.69, 9.17) is 0 Å². The standard InChI is InChI=1S/3C8H9.CH3.Sn/c3*1-2-8-6-4-3-5-7-8;;/h3*4-7H,2H2,1H3;1H3;. The van der Waals surface area contributed by atoms with Crippen molar-refractivity contribution < 1.29 is 0 Å². The molecule has 3 rings (SSSR count). The van der Waals surface area contributed by atoms with Crippen LogP contribution in [0.4, 0.5) is 0 Å². The Balaban J connectivity index is 2.15. The minimum atomic E-state index is -2.93. The van der Waals surface area contributed by atoms with Crippen molar-refractivity contribution in [3.63, 3.8) is 0 Å². The first-order chi connectivity index (χ1) is 12.6. The van der Waals surface area contributed by atoms with E-state index >= 15 is 0 Å². The molecule has 0 heterocycles. The normalized spacial score (nSPS) is 11.5. The number of benzene rings is 3. The van der Waals surface area contributed by atoms with Crippen molar-refractivity contribution in [1.29, 1.82) is 0 Å². The zero-order valence-corrected chi connectivity index (χ0v) is 19.4. The van der Waals surface area contributed by atoms with Gasteiger partial charge < -0.3 is 0 Å². The molecular formula is C25H30Sn. The van der Waals surface area contributed by atoms with Gasteiger partial charge in [0.05, 0.1) is 0 Å². The van der Waals surface area contributed by atoms with Gasteiger partial charge in [0.25, 0.3) is 0 Å².